The fraction of sp³-hybridized carbons (Fsp3) is 0.154. The predicted molar refractivity (Wildman–Crippen MR) is 68.7 cm³/mol. The summed E-state index contributed by atoms with van der Waals surface area (Å²) in [7, 11) is 0. The van der Waals surface area contributed by atoms with Gasteiger partial charge in [0, 0.05) is 16.9 Å². The summed E-state index contributed by atoms with van der Waals surface area (Å²) < 4.78 is 0. The number of anilines is 2. The highest BCUT2D eigenvalue weighted by Crippen LogP contribution is 2.14. The van der Waals surface area contributed by atoms with Crippen LogP contribution in [0.25, 0.3) is 0 Å². The molecule has 0 bridgehead atoms. The molecule has 0 unspecified atom stereocenters. The van der Waals surface area contributed by atoms with E-state index in [1.807, 2.05) is 0 Å². The van der Waals surface area contributed by atoms with E-state index < -0.39 is 0 Å². The van der Waals surface area contributed by atoms with Crippen molar-refractivity contribution >= 4 is 23.2 Å². The average molecular weight is 243 g/mol. The van der Waals surface area contributed by atoms with Gasteiger partial charge in [0.2, 0.25) is 5.91 Å². The zero-order valence-electron chi connectivity index (χ0n) is 9.99. The summed E-state index contributed by atoms with van der Waals surface area (Å²) in [4.78, 5) is 22.5. The molecule has 5 nitrogen and oxygen atoms in total. The summed E-state index contributed by atoms with van der Waals surface area (Å²) in [6.07, 6.45) is -0.186. The lowest BCUT2D eigenvalue weighted by Crippen LogP contribution is -2.12. The second kappa shape index (κ2) is 6.21. The van der Waals surface area contributed by atoms with E-state index in [0.717, 1.165) is 0 Å². The monoisotopic (exact) mass is 243 g/mol. The molecule has 0 aliphatic rings. The van der Waals surface area contributed by atoms with Crippen molar-refractivity contribution in [3.8, 4) is 6.07 Å². The first-order chi connectivity index (χ1) is 8.52. The summed E-state index contributed by atoms with van der Waals surface area (Å²) in [5.41, 5.74) is 1.60. The van der Waals surface area contributed by atoms with Crippen molar-refractivity contribution < 1.29 is 9.59 Å². The van der Waals surface area contributed by atoms with Gasteiger partial charge in [0.1, 0.15) is 6.42 Å². The largest absolute Gasteiger partial charge is 0.325 e. The van der Waals surface area contributed by atoms with Crippen LogP contribution in [0.1, 0.15) is 13.3 Å². The zero-order chi connectivity index (χ0) is 13.5. The number of nitriles is 1. The number of hydrogen-bond donors (Lipinski definition) is 2. The van der Waals surface area contributed by atoms with E-state index in [2.05, 4.69) is 17.2 Å². The normalized spacial score (nSPS) is 9.11. The molecule has 1 aromatic rings. The Hall–Kier alpha value is -2.61. The van der Waals surface area contributed by atoms with Crippen LogP contribution in [0.2, 0.25) is 0 Å². The topological polar surface area (TPSA) is 82.0 Å². The van der Waals surface area contributed by atoms with Gasteiger partial charge in [0.05, 0.1) is 6.07 Å². The maximum Gasteiger partial charge on any atom is 0.250 e. The van der Waals surface area contributed by atoms with E-state index >= 15 is 0 Å². The number of hydrogen-bond acceptors (Lipinski definition) is 3. The van der Waals surface area contributed by atoms with Crippen molar-refractivity contribution in [2.75, 3.05) is 10.6 Å². The lowest BCUT2D eigenvalue weighted by Gasteiger charge is -2.06. The van der Waals surface area contributed by atoms with Crippen LogP contribution >= 0.6 is 0 Å². The van der Waals surface area contributed by atoms with E-state index in [4.69, 9.17) is 5.26 Å². The second-order valence-electron chi connectivity index (χ2n) is 3.69. The number of benzene rings is 1. The summed E-state index contributed by atoms with van der Waals surface area (Å²) in [6, 6.07) is 8.35. The van der Waals surface area contributed by atoms with Crippen molar-refractivity contribution in [2.24, 2.45) is 0 Å². The Kier molecular flexibility index (Phi) is 4.64. The van der Waals surface area contributed by atoms with E-state index in [-0.39, 0.29) is 18.2 Å². The minimum absolute atomic E-state index is 0.186. The van der Waals surface area contributed by atoms with Crippen LogP contribution < -0.4 is 10.6 Å². The van der Waals surface area contributed by atoms with Crippen molar-refractivity contribution in [2.45, 2.75) is 13.3 Å². The SMILES string of the molecule is C=C(C)C(=O)Nc1ccc(NC(=O)CC#N)cc1. The van der Waals surface area contributed by atoms with Crippen LogP contribution in [0, 0.1) is 11.3 Å². The lowest BCUT2D eigenvalue weighted by atomic mass is 10.2. The fourth-order valence-corrected chi connectivity index (χ4v) is 1.15. The predicted octanol–water partition coefficient (Wildman–Crippen LogP) is 2.05. The number of carbonyl (C=O) groups is 2. The van der Waals surface area contributed by atoms with Crippen LogP contribution in [0.4, 0.5) is 11.4 Å². The van der Waals surface area contributed by atoms with Gasteiger partial charge in [-0.2, -0.15) is 5.26 Å². The maximum absolute atomic E-state index is 11.3. The van der Waals surface area contributed by atoms with Crippen LogP contribution in [0.5, 0.6) is 0 Å². The van der Waals surface area contributed by atoms with E-state index in [9.17, 15) is 9.59 Å². The van der Waals surface area contributed by atoms with E-state index in [1.54, 1.807) is 37.3 Å². The maximum atomic E-state index is 11.3. The molecule has 0 fully saturated rings. The molecular formula is C13H13N3O2. The molecule has 1 rings (SSSR count). The summed E-state index contributed by atoms with van der Waals surface area (Å²) in [5.74, 6) is -0.618. The molecule has 0 saturated carbocycles. The Bertz CT molecular complexity index is 512. The molecule has 0 atom stereocenters. The third-order valence-corrected chi connectivity index (χ3v) is 2.05. The van der Waals surface area contributed by atoms with Crippen LogP contribution in [-0.4, -0.2) is 11.8 Å². The smallest absolute Gasteiger partial charge is 0.250 e. The number of carbonyl (C=O) groups excluding carboxylic acids is 2. The first-order valence-electron chi connectivity index (χ1n) is 5.26. The molecule has 18 heavy (non-hydrogen) atoms. The highest BCUT2D eigenvalue weighted by atomic mass is 16.2. The van der Waals surface area contributed by atoms with Crippen LogP contribution in [0.15, 0.2) is 36.4 Å². The standard InChI is InChI=1S/C13H13N3O2/c1-9(2)13(18)16-11-5-3-10(4-6-11)15-12(17)7-8-14/h3-6H,1,7H2,2H3,(H,15,17)(H,16,18). The number of nitrogens with zero attached hydrogens (tertiary/aromatic N) is 1. The molecule has 0 aliphatic heterocycles. The van der Waals surface area contributed by atoms with Gasteiger partial charge in [0.15, 0.2) is 0 Å². The van der Waals surface area contributed by atoms with Gasteiger partial charge in [0.25, 0.3) is 5.91 Å². The van der Waals surface area contributed by atoms with Crippen molar-refractivity contribution in [1.82, 2.24) is 0 Å². The summed E-state index contributed by atoms with van der Waals surface area (Å²) >= 11 is 0. The zero-order valence-corrected chi connectivity index (χ0v) is 9.99. The number of nitrogens with one attached hydrogen (secondary N) is 2. The highest BCUT2D eigenvalue weighted by Gasteiger charge is 2.03. The molecule has 0 aliphatic carbocycles. The molecule has 2 amide bonds. The molecule has 0 radical (unpaired) electrons. The Balaban J connectivity index is 2.63. The summed E-state index contributed by atoms with van der Waals surface area (Å²) in [6.45, 7) is 5.15. The Morgan fingerprint density at radius 1 is 1.22 bits per heavy atom. The third kappa shape index (κ3) is 4.10. The first-order valence-corrected chi connectivity index (χ1v) is 5.26. The highest BCUT2D eigenvalue weighted by molar-refractivity contribution is 6.03. The van der Waals surface area contributed by atoms with E-state index in [1.165, 1.54) is 0 Å². The van der Waals surface area contributed by atoms with Gasteiger partial charge in [-0.3, -0.25) is 9.59 Å². The Morgan fingerprint density at radius 3 is 2.17 bits per heavy atom. The van der Waals surface area contributed by atoms with Crippen molar-refractivity contribution in [3.05, 3.63) is 36.4 Å². The van der Waals surface area contributed by atoms with Gasteiger partial charge in [-0.05, 0) is 31.2 Å². The molecule has 1 aromatic carbocycles. The molecule has 0 saturated heterocycles. The molecule has 0 spiro atoms. The molecule has 0 heterocycles. The minimum atomic E-state index is -0.365. The van der Waals surface area contributed by atoms with Crippen molar-refractivity contribution in [1.29, 1.82) is 5.26 Å². The molecule has 92 valence electrons. The first kappa shape index (κ1) is 13.5. The van der Waals surface area contributed by atoms with Gasteiger partial charge >= 0.3 is 0 Å². The number of amides is 2. The average Bonchev–Trinajstić information content (AvgIpc) is 2.31. The summed E-state index contributed by atoms with van der Waals surface area (Å²) in [5, 5.41) is 13.5. The molecule has 0 aromatic heterocycles. The third-order valence-electron chi connectivity index (χ3n) is 2.05. The van der Waals surface area contributed by atoms with Crippen LogP contribution in [0.3, 0.4) is 0 Å². The minimum Gasteiger partial charge on any atom is -0.325 e. The number of rotatable bonds is 4. The lowest BCUT2D eigenvalue weighted by molar-refractivity contribution is -0.115. The second-order valence-corrected chi connectivity index (χ2v) is 3.69. The quantitative estimate of drug-likeness (QED) is 0.794. The van der Waals surface area contributed by atoms with Gasteiger partial charge in [-0.1, -0.05) is 6.58 Å². The molecular weight excluding hydrogens is 230 g/mol. The fourth-order valence-electron chi connectivity index (χ4n) is 1.15. The van der Waals surface area contributed by atoms with Crippen molar-refractivity contribution in [3.63, 3.8) is 0 Å². The van der Waals surface area contributed by atoms with Gasteiger partial charge < -0.3 is 10.6 Å². The van der Waals surface area contributed by atoms with Gasteiger partial charge in [-0.25, -0.2) is 0 Å². The Labute approximate surface area is 105 Å². The van der Waals surface area contributed by atoms with Crippen LogP contribution in [-0.2, 0) is 9.59 Å². The van der Waals surface area contributed by atoms with E-state index in [0.29, 0.717) is 16.9 Å². The van der Waals surface area contributed by atoms with Gasteiger partial charge in [-0.15, -0.1) is 0 Å². The Morgan fingerprint density at radius 2 is 1.72 bits per heavy atom. The molecule has 5 heteroatoms. The molecule has 2 N–H and O–H groups in total.